The number of alkyl halides is 3. The van der Waals surface area contributed by atoms with E-state index in [0.29, 0.717) is 17.3 Å². The number of nitrogens with zero attached hydrogens (tertiary/aromatic N) is 2. The van der Waals surface area contributed by atoms with Gasteiger partial charge in [0.1, 0.15) is 5.03 Å². The van der Waals surface area contributed by atoms with Gasteiger partial charge in [-0.25, -0.2) is 4.79 Å². The molecule has 0 N–H and O–H groups in total. The molecule has 1 fully saturated rings. The highest BCUT2D eigenvalue weighted by molar-refractivity contribution is 7.98. The summed E-state index contributed by atoms with van der Waals surface area (Å²) in [5.74, 6) is 0.479. The van der Waals surface area contributed by atoms with Gasteiger partial charge in [-0.15, -0.1) is 11.8 Å². The number of aromatic nitrogens is 2. The van der Waals surface area contributed by atoms with Crippen molar-refractivity contribution in [2.24, 2.45) is 0 Å². The zero-order valence-corrected chi connectivity index (χ0v) is 16.8. The quantitative estimate of drug-likeness (QED) is 0.519. The smallest absolute Gasteiger partial charge is 0.376 e. The van der Waals surface area contributed by atoms with Gasteiger partial charge < -0.3 is 4.74 Å². The van der Waals surface area contributed by atoms with Gasteiger partial charge in [-0.3, -0.25) is 4.57 Å². The summed E-state index contributed by atoms with van der Waals surface area (Å²) < 4.78 is 45.7. The Morgan fingerprint density at radius 2 is 1.90 bits per heavy atom. The van der Waals surface area contributed by atoms with E-state index in [2.05, 4.69) is 4.98 Å². The van der Waals surface area contributed by atoms with E-state index in [1.807, 2.05) is 0 Å². The van der Waals surface area contributed by atoms with E-state index in [1.165, 1.54) is 23.9 Å². The average Bonchev–Trinajstić information content (AvgIpc) is 3.22. The van der Waals surface area contributed by atoms with Gasteiger partial charge in [0.25, 0.3) is 0 Å². The predicted molar refractivity (Wildman–Crippen MR) is 105 cm³/mol. The van der Waals surface area contributed by atoms with Crippen molar-refractivity contribution in [1.29, 1.82) is 0 Å². The Bertz CT molecular complexity index is 919. The second kappa shape index (κ2) is 8.52. The maximum Gasteiger partial charge on any atom is 0.416 e. The monoisotopic (exact) mass is 424 g/mol. The molecule has 4 nitrogen and oxygen atoms in total. The van der Waals surface area contributed by atoms with Gasteiger partial charge in [0.2, 0.25) is 0 Å². The first-order chi connectivity index (χ1) is 13.9. The van der Waals surface area contributed by atoms with Gasteiger partial charge in [-0.05, 0) is 56.2 Å². The molecule has 4 rings (SSSR count). The van der Waals surface area contributed by atoms with Crippen molar-refractivity contribution in [1.82, 2.24) is 9.55 Å². The summed E-state index contributed by atoms with van der Waals surface area (Å²) in [4.78, 5) is 17.1. The fourth-order valence-electron chi connectivity index (χ4n) is 3.99. The van der Waals surface area contributed by atoms with Crippen molar-refractivity contribution in [2.45, 2.75) is 68.1 Å². The molecule has 2 aliphatic rings. The minimum Gasteiger partial charge on any atom is -0.376 e. The Labute approximate surface area is 171 Å². The lowest BCUT2D eigenvalue weighted by Crippen LogP contribution is -2.33. The first-order valence-corrected chi connectivity index (χ1v) is 10.9. The molecule has 2 heterocycles. The van der Waals surface area contributed by atoms with Crippen LogP contribution in [0.3, 0.4) is 0 Å². The maximum absolute atomic E-state index is 12.7. The molecule has 8 heteroatoms. The molecule has 1 aliphatic carbocycles. The van der Waals surface area contributed by atoms with Crippen LogP contribution in [0.25, 0.3) is 0 Å². The second-order valence-electron chi connectivity index (χ2n) is 7.56. The number of rotatable bonds is 5. The van der Waals surface area contributed by atoms with E-state index in [4.69, 9.17) is 4.74 Å². The Hall–Kier alpha value is -1.80. The van der Waals surface area contributed by atoms with Gasteiger partial charge in [0.15, 0.2) is 0 Å². The lowest BCUT2D eigenvalue weighted by atomic mass is 9.97. The summed E-state index contributed by atoms with van der Waals surface area (Å²) in [6, 6.07) is 5.17. The van der Waals surface area contributed by atoms with Crippen LogP contribution >= 0.6 is 11.8 Å². The molecule has 1 aliphatic heterocycles. The lowest BCUT2D eigenvalue weighted by molar-refractivity contribution is -0.137. The largest absolute Gasteiger partial charge is 0.416 e. The van der Waals surface area contributed by atoms with Crippen molar-refractivity contribution in [3.05, 3.63) is 57.1 Å². The van der Waals surface area contributed by atoms with Crippen molar-refractivity contribution < 1.29 is 17.9 Å². The van der Waals surface area contributed by atoms with Gasteiger partial charge in [0.05, 0.1) is 18.2 Å². The van der Waals surface area contributed by atoms with E-state index in [1.54, 1.807) is 4.57 Å². The molecule has 0 amide bonds. The normalized spacial score (nSPS) is 19.3. The fraction of sp³-hybridized carbons (Fsp3) is 0.524. The summed E-state index contributed by atoms with van der Waals surface area (Å²) >= 11 is 1.43. The number of halogens is 3. The van der Waals surface area contributed by atoms with Crippen molar-refractivity contribution in [3.8, 4) is 0 Å². The number of hydrogen-bond acceptors (Lipinski definition) is 4. The summed E-state index contributed by atoms with van der Waals surface area (Å²) in [6.07, 6.45) is 1.57. The van der Waals surface area contributed by atoms with Crippen molar-refractivity contribution >= 4 is 11.8 Å². The molecule has 1 atom stereocenters. The highest BCUT2D eigenvalue weighted by Gasteiger charge is 2.30. The molecule has 1 unspecified atom stereocenters. The Kier molecular flexibility index (Phi) is 6.01. The minimum absolute atomic E-state index is 0.0752. The maximum atomic E-state index is 12.7. The molecule has 2 aromatic rings. The number of fused-ring (bicyclic) bond motifs is 1. The van der Waals surface area contributed by atoms with Gasteiger partial charge in [0, 0.05) is 23.6 Å². The molecule has 1 saturated heterocycles. The standard InChI is InChI=1S/C21H23F3N2O2S/c22-21(23,24)15-9-7-14(8-10-15)13-29-19-17-5-1-2-6-18(17)26(20(27)25-19)12-16-4-3-11-28-16/h7-10,16H,1-6,11-13H2. The molecule has 0 radical (unpaired) electrons. The number of benzene rings is 1. The third-order valence-electron chi connectivity index (χ3n) is 5.52. The second-order valence-corrected chi connectivity index (χ2v) is 8.52. The van der Waals surface area contributed by atoms with Crippen molar-refractivity contribution in [3.63, 3.8) is 0 Å². The molecule has 0 saturated carbocycles. The average molecular weight is 424 g/mol. The zero-order chi connectivity index (χ0) is 20.4. The highest BCUT2D eigenvalue weighted by Crippen LogP contribution is 2.32. The summed E-state index contributed by atoms with van der Waals surface area (Å²) in [5, 5.41) is 0.716. The molecular formula is C21H23F3N2O2S. The number of thioether (sulfide) groups is 1. The van der Waals surface area contributed by atoms with Crippen LogP contribution in [0.15, 0.2) is 34.1 Å². The highest BCUT2D eigenvalue weighted by atomic mass is 32.2. The lowest BCUT2D eigenvalue weighted by Gasteiger charge is -2.24. The predicted octanol–water partition coefficient (Wildman–Crippen LogP) is 4.61. The van der Waals surface area contributed by atoms with E-state index in [-0.39, 0.29) is 11.8 Å². The first-order valence-electron chi connectivity index (χ1n) is 9.95. The Balaban J connectivity index is 1.54. The van der Waals surface area contributed by atoms with Crippen LogP contribution in [0.2, 0.25) is 0 Å². The third-order valence-corrected chi connectivity index (χ3v) is 6.61. The summed E-state index contributed by atoms with van der Waals surface area (Å²) in [5.41, 5.74) is 2.04. The number of ether oxygens (including phenoxy) is 1. The molecular weight excluding hydrogens is 401 g/mol. The van der Waals surface area contributed by atoms with E-state index in [9.17, 15) is 18.0 Å². The van der Waals surface area contributed by atoms with Crippen LogP contribution in [-0.2, 0) is 36.1 Å². The summed E-state index contributed by atoms with van der Waals surface area (Å²) in [6.45, 7) is 1.30. The first kappa shape index (κ1) is 20.5. The topological polar surface area (TPSA) is 44.1 Å². The SMILES string of the molecule is O=c1nc(SCc2ccc(C(F)(F)F)cc2)c2c(n1CC1CCCO1)CCCC2. The van der Waals surface area contributed by atoms with Crippen LogP contribution in [0.5, 0.6) is 0 Å². The van der Waals surface area contributed by atoms with Gasteiger partial charge >= 0.3 is 11.9 Å². The van der Waals surface area contributed by atoms with Crippen LogP contribution in [0, 0.1) is 0 Å². The van der Waals surface area contributed by atoms with E-state index in [0.717, 1.165) is 74.1 Å². The Morgan fingerprint density at radius 3 is 2.59 bits per heavy atom. The van der Waals surface area contributed by atoms with Crippen LogP contribution in [0.1, 0.15) is 48.1 Å². The van der Waals surface area contributed by atoms with E-state index >= 15 is 0 Å². The van der Waals surface area contributed by atoms with Crippen LogP contribution in [-0.4, -0.2) is 22.3 Å². The minimum atomic E-state index is -4.33. The molecule has 0 bridgehead atoms. The molecule has 0 spiro atoms. The van der Waals surface area contributed by atoms with Crippen molar-refractivity contribution in [2.75, 3.05) is 6.61 Å². The molecule has 29 heavy (non-hydrogen) atoms. The number of hydrogen-bond donors (Lipinski definition) is 0. The molecule has 1 aromatic heterocycles. The van der Waals surface area contributed by atoms with Crippen LogP contribution < -0.4 is 5.69 Å². The summed E-state index contributed by atoms with van der Waals surface area (Å²) in [7, 11) is 0. The molecule has 1 aromatic carbocycles. The van der Waals surface area contributed by atoms with Gasteiger partial charge in [-0.2, -0.15) is 18.2 Å². The fourth-order valence-corrected chi connectivity index (χ4v) is 5.02. The van der Waals surface area contributed by atoms with Gasteiger partial charge in [-0.1, -0.05) is 12.1 Å². The van der Waals surface area contributed by atoms with Crippen LogP contribution in [0.4, 0.5) is 13.2 Å². The Morgan fingerprint density at radius 1 is 1.14 bits per heavy atom. The third kappa shape index (κ3) is 4.69. The van der Waals surface area contributed by atoms with E-state index < -0.39 is 11.7 Å². The zero-order valence-electron chi connectivity index (χ0n) is 16.0. The molecule has 156 valence electrons.